The number of pyridine rings is 1. The first kappa shape index (κ1) is 18.9. The maximum atomic E-state index is 13.1. The lowest BCUT2D eigenvalue weighted by Gasteiger charge is -2.60. The van der Waals surface area contributed by atoms with Gasteiger partial charge in [-0.1, -0.05) is 6.92 Å². The second-order valence-corrected chi connectivity index (χ2v) is 9.64. The lowest BCUT2D eigenvalue weighted by atomic mass is 9.51. The Morgan fingerprint density at radius 2 is 2.17 bits per heavy atom. The number of amides is 2. The van der Waals surface area contributed by atoms with Gasteiger partial charge < -0.3 is 20.9 Å². The van der Waals surface area contributed by atoms with E-state index in [4.69, 9.17) is 0 Å². The number of fused-ring (bicyclic) bond motifs is 3. The zero-order valence-corrected chi connectivity index (χ0v) is 17.2. The molecular formula is C22H31N5O2. The molecular weight excluding hydrogens is 366 g/mol. The summed E-state index contributed by atoms with van der Waals surface area (Å²) in [5.41, 5.74) is -0.0162. The number of hydrogen-bond donors (Lipinski definition) is 3. The highest BCUT2D eigenvalue weighted by molar-refractivity contribution is 6.01. The molecule has 2 amide bonds. The summed E-state index contributed by atoms with van der Waals surface area (Å²) < 4.78 is 0. The van der Waals surface area contributed by atoms with E-state index in [9.17, 15) is 9.59 Å². The smallest absolute Gasteiger partial charge is 0.256 e. The molecule has 3 heterocycles. The van der Waals surface area contributed by atoms with Crippen molar-refractivity contribution in [3.8, 4) is 0 Å². The van der Waals surface area contributed by atoms with Gasteiger partial charge in [-0.25, -0.2) is 4.98 Å². The van der Waals surface area contributed by atoms with Crippen LogP contribution in [-0.4, -0.2) is 53.5 Å². The lowest BCUT2D eigenvalue weighted by Crippen LogP contribution is -2.70. The Morgan fingerprint density at radius 3 is 2.97 bits per heavy atom. The van der Waals surface area contributed by atoms with Crippen molar-refractivity contribution < 1.29 is 9.59 Å². The Balaban J connectivity index is 1.28. The maximum Gasteiger partial charge on any atom is 0.256 e. The minimum atomic E-state index is -0.488. The molecule has 3 saturated carbocycles. The van der Waals surface area contributed by atoms with E-state index in [1.54, 1.807) is 18.3 Å². The van der Waals surface area contributed by atoms with E-state index in [1.807, 2.05) is 0 Å². The fourth-order valence-corrected chi connectivity index (χ4v) is 6.19. The van der Waals surface area contributed by atoms with Crippen LogP contribution in [0.25, 0.3) is 0 Å². The van der Waals surface area contributed by atoms with Crippen LogP contribution in [0.4, 0.5) is 5.82 Å². The molecule has 3 aliphatic carbocycles. The van der Waals surface area contributed by atoms with Crippen molar-refractivity contribution >= 4 is 17.6 Å². The van der Waals surface area contributed by atoms with Gasteiger partial charge in [0.25, 0.3) is 5.91 Å². The SMILES string of the molecule is C[C@@]12CC[C@@H](C[C@@H]1C(=O)NCCN1CCCC1)[C@@]1(C2)NC(=O)c2cccnc2N1. The van der Waals surface area contributed by atoms with Crippen LogP contribution in [0, 0.1) is 17.3 Å². The third kappa shape index (κ3) is 3.19. The molecule has 5 aliphatic rings. The van der Waals surface area contributed by atoms with Crippen LogP contribution < -0.4 is 16.0 Å². The number of likely N-dealkylation sites (tertiary alicyclic amines) is 1. The van der Waals surface area contributed by atoms with E-state index in [0.717, 1.165) is 51.9 Å². The first-order valence-electron chi connectivity index (χ1n) is 11.0. The zero-order chi connectivity index (χ0) is 20.1. The number of anilines is 1. The Morgan fingerprint density at radius 1 is 1.34 bits per heavy atom. The van der Waals surface area contributed by atoms with Gasteiger partial charge in [0.1, 0.15) is 11.5 Å². The lowest BCUT2D eigenvalue weighted by molar-refractivity contribution is -0.139. The molecule has 0 radical (unpaired) electrons. The van der Waals surface area contributed by atoms with Gasteiger partial charge in [0.15, 0.2) is 0 Å². The van der Waals surface area contributed by atoms with Crippen LogP contribution in [0.15, 0.2) is 18.3 Å². The third-order valence-corrected chi connectivity index (χ3v) is 7.78. The summed E-state index contributed by atoms with van der Waals surface area (Å²) >= 11 is 0. The Hall–Kier alpha value is -2.15. The van der Waals surface area contributed by atoms with Crippen molar-refractivity contribution in [1.82, 2.24) is 20.5 Å². The molecule has 6 rings (SSSR count). The molecule has 2 bridgehead atoms. The molecule has 1 aromatic rings. The minimum absolute atomic E-state index is 0.00860. The van der Waals surface area contributed by atoms with Crippen molar-refractivity contribution in [3.63, 3.8) is 0 Å². The predicted molar refractivity (Wildman–Crippen MR) is 110 cm³/mol. The standard InChI is InChI=1S/C22H31N5O2/c1-21-7-6-15(13-17(21)20(29)24-9-12-27-10-2-3-11-27)22(14-21)25-18-16(19(28)26-22)5-4-8-23-18/h4-5,8,15,17H,2-3,6-7,9-14H2,1H3,(H,23,25)(H,24,29)(H,26,28)/t15-,17+,21-,22+/m0/s1. The normalized spacial score (nSPS) is 35.8. The average molecular weight is 398 g/mol. The number of carbonyl (C=O) groups excluding carboxylic acids is 2. The van der Waals surface area contributed by atoms with Gasteiger partial charge in [-0.15, -0.1) is 0 Å². The van der Waals surface area contributed by atoms with Crippen LogP contribution in [0.5, 0.6) is 0 Å². The van der Waals surface area contributed by atoms with Crippen LogP contribution >= 0.6 is 0 Å². The quantitative estimate of drug-likeness (QED) is 0.723. The Kier molecular flexibility index (Phi) is 4.53. The van der Waals surface area contributed by atoms with Crippen LogP contribution in [0.3, 0.4) is 0 Å². The number of nitrogens with one attached hydrogen (secondary N) is 3. The van der Waals surface area contributed by atoms with Crippen molar-refractivity contribution in [3.05, 3.63) is 23.9 Å². The Bertz CT molecular complexity index is 823. The van der Waals surface area contributed by atoms with Crippen LogP contribution in [-0.2, 0) is 4.79 Å². The number of nitrogens with zero attached hydrogens (tertiary/aromatic N) is 2. The minimum Gasteiger partial charge on any atom is -0.355 e. The van der Waals surface area contributed by atoms with Gasteiger partial charge in [0.05, 0.1) is 5.56 Å². The molecule has 1 saturated heterocycles. The molecule has 29 heavy (non-hydrogen) atoms. The number of carbonyl (C=O) groups is 2. The second kappa shape index (κ2) is 6.97. The topological polar surface area (TPSA) is 86.4 Å². The first-order chi connectivity index (χ1) is 14.0. The van der Waals surface area contributed by atoms with Crippen molar-refractivity contribution in [2.45, 2.75) is 51.1 Å². The number of rotatable bonds is 4. The van der Waals surface area contributed by atoms with E-state index in [0.29, 0.717) is 11.4 Å². The van der Waals surface area contributed by atoms with Crippen molar-refractivity contribution in [1.29, 1.82) is 0 Å². The summed E-state index contributed by atoms with van der Waals surface area (Å²) in [4.78, 5) is 32.6. The second-order valence-electron chi connectivity index (χ2n) is 9.64. The molecule has 4 fully saturated rings. The summed E-state index contributed by atoms with van der Waals surface area (Å²) in [5.74, 6) is 1.03. The Labute approximate surface area is 172 Å². The summed E-state index contributed by atoms with van der Waals surface area (Å²) in [6.07, 6.45) is 7.87. The van der Waals surface area contributed by atoms with E-state index in [1.165, 1.54) is 12.8 Å². The van der Waals surface area contributed by atoms with Gasteiger partial charge in [-0.05, 0) is 69.2 Å². The molecule has 156 valence electrons. The summed E-state index contributed by atoms with van der Waals surface area (Å²) in [6.45, 7) is 6.21. The van der Waals surface area contributed by atoms with Crippen LogP contribution in [0.2, 0.25) is 0 Å². The highest BCUT2D eigenvalue weighted by atomic mass is 16.2. The van der Waals surface area contributed by atoms with Crippen molar-refractivity contribution in [2.75, 3.05) is 31.5 Å². The maximum absolute atomic E-state index is 13.1. The van der Waals surface area contributed by atoms with Gasteiger partial charge in [-0.2, -0.15) is 0 Å². The molecule has 7 heteroatoms. The largest absolute Gasteiger partial charge is 0.355 e. The molecule has 4 atom stereocenters. The van der Waals surface area contributed by atoms with Gasteiger partial charge in [0.2, 0.25) is 5.91 Å². The fourth-order valence-electron chi connectivity index (χ4n) is 6.19. The number of aromatic nitrogens is 1. The predicted octanol–water partition coefficient (Wildman–Crippen LogP) is 1.97. The van der Waals surface area contributed by atoms with Gasteiger partial charge in [0, 0.05) is 31.1 Å². The summed E-state index contributed by atoms with van der Waals surface area (Å²) in [7, 11) is 0. The van der Waals surface area contributed by atoms with Crippen LogP contribution in [0.1, 0.15) is 55.8 Å². The molecule has 0 aromatic carbocycles. The van der Waals surface area contributed by atoms with Gasteiger partial charge >= 0.3 is 0 Å². The first-order valence-corrected chi connectivity index (χ1v) is 11.0. The number of hydrogen-bond acceptors (Lipinski definition) is 5. The fraction of sp³-hybridized carbons (Fsp3) is 0.682. The van der Waals surface area contributed by atoms with E-state index in [2.05, 4.69) is 32.8 Å². The molecule has 0 unspecified atom stereocenters. The van der Waals surface area contributed by atoms with E-state index in [-0.39, 0.29) is 29.1 Å². The molecule has 7 nitrogen and oxygen atoms in total. The zero-order valence-electron chi connectivity index (χ0n) is 17.2. The van der Waals surface area contributed by atoms with E-state index >= 15 is 0 Å². The third-order valence-electron chi connectivity index (χ3n) is 7.78. The molecule has 1 spiro atoms. The highest BCUT2D eigenvalue weighted by Gasteiger charge is 2.60. The van der Waals surface area contributed by atoms with Crippen molar-refractivity contribution in [2.24, 2.45) is 17.3 Å². The average Bonchev–Trinajstić information content (AvgIpc) is 3.21. The summed E-state index contributed by atoms with van der Waals surface area (Å²) in [5, 5.41) is 10.0. The monoisotopic (exact) mass is 397 g/mol. The molecule has 1 aromatic heterocycles. The summed E-state index contributed by atoms with van der Waals surface area (Å²) in [6, 6.07) is 3.59. The molecule has 3 N–H and O–H groups in total. The van der Waals surface area contributed by atoms with Gasteiger partial charge in [-0.3, -0.25) is 9.59 Å². The highest BCUT2D eigenvalue weighted by Crippen LogP contribution is 2.58. The molecule has 2 aliphatic heterocycles. The van der Waals surface area contributed by atoms with E-state index < -0.39 is 5.66 Å².